The van der Waals surface area contributed by atoms with Crippen LogP contribution in [0.1, 0.15) is 13.0 Å². The van der Waals surface area contributed by atoms with Crippen LogP contribution >= 0.6 is 0 Å². The van der Waals surface area contributed by atoms with Gasteiger partial charge in [-0.3, -0.25) is 4.57 Å². The second kappa shape index (κ2) is 3.43. The molecule has 15 heavy (non-hydrogen) atoms. The first-order valence-electron chi connectivity index (χ1n) is 4.67. The van der Waals surface area contributed by atoms with Crippen LogP contribution in [0.2, 0.25) is 0 Å². The van der Waals surface area contributed by atoms with Crippen LogP contribution in [0.15, 0.2) is 23.0 Å². The number of fused-ring (bicyclic) bond motifs is 1. The number of benzene rings is 1. The van der Waals surface area contributed by atoms with Crippen molar-refractivity contribution in [1.29, 1.82) is 0 Å². The van der Waals surface area contributed by atoms with E-state index < -0.39 is 0 Å². The lowest BCUT2D eigenvalue weighted by Gasteiger charge is -2.09. The Hall–Kier alpha value is -1.75. The minimum Gasteiger partial charge on any atom is -0.508 e. The number of aliphatic hydroxyl groups is 1. The number of nitrogens with zero attached hydrogens (tertiary/aromatic N) is 1. The van der Waals surface area contributed by atoms with Crippen molar-refractivity contribution in [3.8, 4) is 5.75 Å². The van der Waals surface area contributed by atoms with E-state index in [9.17, 15) is 9.90 Å². The summed E-state index contributed by atoms with van der Waals surface area (Å²) in [4.78, 5) is 14.2. The number of aromatic nitrogens is 2. The average molecular weight is 208 g/mol. The van der Waals surface area contributed by atoms with Gasteiger partial charge in [-0.25, -0.2) is 4.79 Å². The Bertz CT molecular complexity index is 541. The Morgan fingerprint density at radius 3 is 2.93 bits per heavy atom. The molecule has 0 saturated heterocycles. The van der Waals surface area contributed by atoms with Crippen molar-refractivity contribution in [1.82, 2.24) is 9.55 Å². The molecule has 80 valence electrons. The Morgan fingerprint density at radius 2 is 2.27 bits per heavy atom. The van der Waals surface area contributed by atoms with Crippen molar-refractivity contribution in [2.45, 2.75) is 13.0 Å². The highest BCUT2D eigenvalue weighted by Gasteiger charge is 2.12. The van der Waals surface area contributed by atoms with E-state index in [1.807, 2.05) is 0 Å². The highest BCUT2D eigenvalue weighted by atomic mass is 16.3. The summed E-state index contributed by atoms with van der Waals surface area (Å²) in [5.74, 6) is 0.0976. The van der Waals surface area contributed by atoms with Gasteiger partial charge < -0.3 is 15.2 Å². The van der Waals surface area contributed by atoms with Crippen molar-refractivity contribution >= 4 is 11.0 Å². The fourth-order valence-corrected chi connectivity index (χ4v) is 1.63. The van der Waals surface area contributed by atoms with E-state index in [1.54, 1.807) is 13.0 Å². The number of hydrogen-bond acceptors (Lipinski definition) is 3. The predicted molar refractivity (Wildman–Crippen MR) is 56.0 cm³/mol. The molecule has 5 nitrogen and oxygen atoms in total. The molecule has 3 N–H and O–H groups in total. The Labute approximate surface area is 85.6 Å². The molecule has 0 aliphatic rings. The van der Waals surface area contributed by atoms with Crippen molar-refractivity contribution in [3.05, 3.63) is 28.7 Å². The number of phenolic OH excluding ortho intramolecular Hbond substituents is 1. The number of imidazole rings is 1. The molecule has 0 saturated carbocycles. The van der Waals surface area contributed by atoms with E-state index in [-0.39, 0.29) is 24.1 Å². The van der Waals surface area contributed by atoms with Crippen molar-refractivity contribution in [2.75, 3.05) is 6.61 Å². The monoisotopic (exact) mass is 208 g/mol. The molecular weight excluding hydrogens is 196 g/mol. The summed E-state index contributed by atoms with van der Waals surface area (Å²) in [5.41, 5.74) is 0.969. The fourth-order valence-electron chi connectivity index (χ4n) is 1.63. The second-order valence-electron chi connectivity index (χ2n) is 3.53. The number of rotatable bonds is 2. The van der Waals surface area contributed by atoms with Gasteiger partial charge in [0.1, 0.15) is 5.75 Å². The zero-order valence-corrected chi connectivity index (χ0v) is 8.27. The fraction of sp³-hybridized carbons (Fsp3) is 0.300. The zero-order chi connectivity index (χ0) is 11.0. The third-order valence-electron chi connectivity index (χ3n) is 2.41. The van der Waals surface area contributed by atoms with Crippen LogP contribution in [0, 0.1) is 0 Å². The average Bonchev–Trinajstić information content (AvgIpc) is 2.52. The van der Waals surface area contributed by atoms with Crippen LogP contribution in [0.5, 0.6) is 5.75 Å². The first-order valence-corrected chi connectivity index (χ1v) is 4.67. The van der Waals surface area contributed by atoms with Crippen LogP contribution in [-0.2, 0) is 0 Å². The van der Waals surface area contributed by atoms with Gasteiger partial charge in [-0.1, -0.05) is 0 Å². The van der Waals surface area contributed by atoms with Gasteiger partial charge >= 0.3 is 5.69 Å². The van der Waals surface area contributed by atoms with Crippen LogP contribution in [0.4, 0.5) is 0 Å². The van der Waals surface area contributed by atoms with E-state index in [0.717, 1.165) is 0 Å². The summed E-state index contributed by atoms with van der Waals surface area (Å²) < 4.78 is 1.43. The van der Waals surface area contributed by atoms with E-state index in [2.05, 4.69) is 4.98 Å². The van der Waals surface area contributed by atoms with E-state index in [4.69, 9.17) is 5.11 Å². The molecule has 1 unspecified atom stereocenters. The van der Waals surface area contributed by atoms with Gasteiger partial charge in [0.2, 0.25) is 0 Å². The lowest BCUT2D eigenvalue weighted by Crippen LogP contribution is -2.22. The molecule has 1 heterocycles. The van der Waals surface area contributed by atoms with Crippen LogP contribution in [-0.4, -0.2) is 26.4 Å². The number of aliphatic hydroxyl groups excluding tert-OH is 1. The van der Waals surface area contributed by atoms with Gasteiger partial charge in [0, 0.05) is 6.07 Å². The molecular formula is C10H12N2O3. The molecule has 0 radical (unpaired) electrons. The maximum atomic E-state index is 11.6. The summed E-state index contributed by atoms with van der Waals surface area (Å²) in [7, 11) is 0. The SMILES string of the molecule is CC(CO)n1c(=O)[nH]c2ccc(O)cc21. The molecule has 2 aromatic rings. The highest BCUT2D eigenvalue weighted by molar-refractivity contribution is 5.77. The molecule has 2 rings (SSSR count). The van der Waals surface area contributed by atoms with Gasteiger partial charge in [-0.05, 0) is 19.1 Å². The summed E-state index contributed by atoms with van der Waals surface area (Å²) >= 11 is 0. The molecule has 0 spiro atoms. The normalized spacial score (nSPS) is 13.2. The molecule has 0 amide bonds. The van der Waals surface area contributed by atoms with Gasteiger partial charge in [-0.2, -0.15) is 0 Å². The zero-order valence-electron chi connectivity index (χ0n) is 8.27. The second-order valence-corrected chi connectivity index (χ2v) is 3.53. The molecule has 1 atom stereocenters. The molecule has 1 aromatic heterocycles. The quantitative estimate of drug-likeness (QED) is 0.675. The number of phenols is 1. The lowest BCUT2D eigenvalue weighted by atomic mass is 10.2. The van der Waals surface area contributed by atoms with Gasteiger partial charge in [0.15, 0.2) is 0 Å². The summed E-state index contributed by atoms with van der Waals surface area (Å²) in [6, 6.07) is 4.33. The molecule has 0 fully saturated rings. The molecule has 0 aliphatic heterocycles. The minimum absolute atomic E-state index is 0.0976. The number of hydrogen-bond donors (Lipinski definition) is 3. The topological polar surface area (TPSA) is 78.2 Å². The minimum atomic E-state index is -0.312. The van der Waals surface area contributed by atoms with Gasteiger partial charge in [0.25, 0.3) is 0 Å². The van der Waals surface area contributed by atoms with E-state index >= 15 is 0 Å². The number of aromatic amines is 1. The van der Waals surface area contributed by atoms with E-state index in [1.165, 1.54) is 16.7 Å². The highest BCUT2D eigenvalue weighted by Crippen LogP contribution is 2.19. The maximum Gasteiger partial charge on any atom is 0.326 e. The largest absolute Gasteiger partial charge is 0.508 e. The number of nitrogens with one attached hydrogen (secondary N) is 1. The van der Waals surface area contributed by atoms with Gasteiger partial charge in [0.05, 0.1) is 23.7 Å². The Balaban J connectivity index is 2.76. The summed E-state index contributed by atoms with van der Waals surface area (Å²) in [5, 5.41) is 18.4. The first-order chi connectivity index (χ1) is 7.13. The van der Waals surface area contributed by atoms with Crippen molar-refractivity contribution < 1.29 is 10.2 Å². The molecule has 0 aliphatic carbocycles. The van der Waals surface area contributed by atoms with Gasteiger partial charge in [-0.15, -0.1) is 0 Å². The van der Waals surface area contributed by atoms with Crippen molar-refractivity contribution in [3.63, 3.8) is 0 Å². The van der Waals surface area contributed by atoms with Crippen LogP contribution in [0.25, 0.3) is 11.0 Å². The molecule has 0 bridgehead atoms. The van der Waals surface area contributed by atoms with Crippen LogP contribution in [0.3, 0.4) is 0 Å². The smallest absolute Gasteiger partial charge is 0.326 e. The molecule has 5 heteroatoms. The predicted octanol–water partition coefficient (Wildman–Crippen LogP) is 0.588. The third-order valence-corrected chi connectivity index (χ3v) is 2.41. The Morgan fingerprint density at radius 1 is 1.53 bits per heavy atom. The number of H-pyrrole nitrogens is 1. The maximum absolute atomic E-state index is 11.6. The summed E-state index contributed by atoms with van der Waals surface area (Å²) in [6.45, 7) is 1.61. The standard InChI is InChI=1S/C10H12N2O3/c1-6(5-13)12-9-4-7(14)2-3-8(9)11-10(12)15/h2-4,6,13-14H,5H2,1H3,(H,11,15). The first kappa shape index (κ1) is 9.79. The number of aromatic hydroxyl groups is 1. The Kier molecular flexibility index (Phi) is 2.24. The van der Waals surface area contributed by atoms with Crippen molar-refractivity contribution in [2.24, 2.45) is 0 Å². The lowest BCUT2D eigenvalue weighted by molar-refractivity contribution is 0.239. The van der Waals surface area contributed by atoms with Crippen LogP contribution < -0.4 is 5.69 Å². The summed E-state index contributed by atoms with van der Waals surface area (Å²) in [6.07, 6.45) is 0. The third kappa shape index (κ3) is 1.50. The molecule has 1 aromatic carbocycles. The van der Waals surface area contributed by atoms with E-state index in [0.29, 0.717) is 11.0 Å².